The first kappa shape index (κ1) is 17.0. The molecule has 0 saturated carbocycles. The van der Waals surface area contributed by atoms with Gasteiger partial charge in [-0.05, 0) is 32.9 Å². The Labute approximate surface area is 138 Å². The third kappa shape index (κ3) is 3.90. The molecule has 1 heterocycles. The molecule has 0 spiro atoms. The number of aromatic nitrogens is 2. The predicted molar refractivity (Wildman–Crippen MR) is 86.6 cm³/mol. The first-order valence-corrected chi connectivity index (χ1v) is 7.55. The summed E-state index contributed by atoms with van der Waals surface area (Å²) in [5.74, 6) is -0.573. The van der Waals surface area contributed by atoms with E-state index in [-0.39, 0.29) is 24.2 Å². The van der Waals surface area contributed by atoms with Crippen LogP contribution in [-0.4, -0.2) is 28.5 Å². The van der Waals surface area contributed by atoms with Crippen LogP contribution < -0.4 is 10.3 Å². The van der Waals surface area contributed by atoms with E-state index in [1.165, 1.54) is 6.07 Å². The highest BCUT2D eigenvalue weighted by Gasteiger charge is 2.21. The van der Waals surface area contributed by atoms with E-state index in [9.17, 15) is 9.59 Å². The Morgan fingerprint density at radius 2 is 2.04 bits per heavy atom. The maximum Gasteiger partial charge on any atom is 0.362 e. The van der Waals surface area contributed by atoms with Crippen LogP contribution in [0.15, 0.2) is 35.1 Å². The van der Waals surface area contributed by atoms with Crippen LogP contribution in [0.4, 0.5) is 0 Å². The van der Waals surface area contributed by atoms with Gasteiger partial charge in [-0.3, -0.25) is 4.79 Å². The van der Waals surface area contributed by atoms with Crippen molar-refractivity contribution in [3.63, 3.8) is 0 Å². The lowest BCUT2D eigenvalue weighted by Crippen LogP contribution is -2.26. The van der Waals surface area contributed by atoms with Crippen molar-refractivity contribution in [1.82, 2.24) is 9.78 Å². The lowest BCUT2D eigenvalue weighted by Gasteiger charge is -2.14. The van der Waals surface area contributed by atoms with Gasteiger partial charge in [0, 0.05) is 0 Å². The third-order valence-corrected chi connectivity index (χ3v) is 3.13. The number of hydrogen-bond acceptors (Lipinski definition) is 5. The number of rotatable bonds is 5. The summed E-state index contributed by atoms with van der Waals surface area (Å²) in [4.78, 5) is 24.4. The van der Waals surface area contributed by atoms with E-state index in [1.54, 1.807) is 45.0 Å². The highest BCUT2D eigenvalue weighted by Crippen LogP contribution is 2.21. The van der Waals surface area contributed by atoms with Gasteiger partial charge in [0.05, 0.1) is 29.5 Å². The van der Waals surface area contributed by atoms with Gasteiger partial charge in [0.15, 0.2) is 5.75 Å². The Kier molecular flexibility index (Phi) is 5.39. The fourth-order valence-corrected chi connectivity index (χ4v) is 2.14. The second kappa shape index (κ2) is 7.28. The SMILES string of the molecule is CCOC(=O)c1nn(-c2ccccc2Cl)c(=O)cc1OC(C)C. The van der Waals surface area contributed by atoms with E-state index in [0.717, 1.165) is 4.68 Å². The average Bonchev–Trinajstić information content (AvgIpc) is 2.48. The molecule has 6 nitrogen and oxygen atoms in total. The van der Waals surface area contributed by atoms with Gasteiger partial charge in [-0.25, -0.2) is 4.79 Å². The molecule has 1 aromatic heterocycles. The van der Waals surface area contributed by atoms with Crippen LogP contribution in [0.1, 0.15) is 31.3 Å². The predicted octanol–water partition coefficient (Wildman–Crippen LogP) is 2.85. The molecule has 122 valence electrons. The molecule has 0 aliphatic heterocycles. The summed E-state index contributed by atoms with van der Waals surface area (Å²) < 4.78 is 11.5. The van der Waals surface area contributed by atoms with E-state index < -0.39 is 11.5 Å². The van der Waals surface area contributed by atoms with E-state index in [1.807, 2.05) is 0 Å². The lowest BCUT2D eigenvalue weighted by molar-refractivity contribution is 0.0510. The molecule has 0 bridgehead atoms. The Bertz CT molecular complexity index is 771. The molecular weight excluding hydrogens is 320 g/mol. The van der Waals surface area contributed by atoms with Gasteiger partial charge < -0.3 is 9.47 Å². The van der Waals surface area contributed by atoms with E-state index in [0.29, 0.717) is 10.7 Å². The molecule has 23 heavy (non-hydrogen) atoms. The number of esters is 1. The van der Waals surface area contributed by atoms with Crippen molar-refractivity contribution < 1.29 is 14.3 Å². The van der Waals surface area contributed by atoms with Crippen LogP contribution in [0.2, 0.25) is 5.02 Å². The summed E-state index contributed by atoms with van der Waals surface area (Å²) in [6.45, 7) is 5.45. The number of para-hydroxylation sites is 1. The quantitative estimate of drug-likeness (QED) is 0.785. The minimum Gasteiger partial charge on any atom is -0.488 e. The fraction of sp³-hybridized carbons (Fsp3) is 0.312. The minimum atomic E-state index is -0.663. The molecule has 0 aliphatic carbocycles. The second-order valence-corrected chi connectivity index (χ2v) is 5.35. The van der Waals surface area contributed by atoms with Gasteiger partial charge >= 0.3 is 5.97 Å². The van der Waals surface area contributed by atoms with Crippen LogP contribution in [-0.2, 0) is 4.74 Å². The van der Waals surface area contributed by atoms with Crippen molar-refractivity contribution >= 4 is 17.6 Å². The van der Waals surface area contributed by atoms with Crippen molar-refractivity contribution in [3.05, 3.63) is 51.4 Å². The van der Waals surface area contributed by atoms with Crippen LogP contribution >= 0.6 is 11.6 Å². The molecule has 0 fully saturated rings. The molecule has 0 atom stereocenters. The van der Waals surface area contributed by atoms with Crippen LogP contribution in [0.5, 0.6) is 5.75 Å². The first-order valence-electron chi connectivity index (χ1n) is 7.17. The summed E-state index contributed by atoms with van der Waals surface area (Å²) in [6, 6.07) is 7.93. The Morgan fingerprint density at radius 3 is 2.65 bits per heavy atom. The van der Waals surface area contributed by atoms with Crippen LogP contribution in [0, 0.1) is 0 Å². The molecular formula is C16H17ClN2O4. The highest BCUT2D eigenvalue weighted by atomic mass is 35.5. The van der Waals surface area contributed by atoms with Crippen molar-refractivity contribution in [3.8, 4) is 11.4 Å². The fourth-order valence-electron chi connectivity index (χ4n) is 1.92. The van der Waals surface area contributed by atoms with Gasteiger partial charge in [-0.2, -0.15) is 9.78 Å². The largest absolute Gasteiger partial charge is 0.488 e. The van der Waals surface area contributed by atoms with E-state index in [2.05, 4.69) is 5.10 Å². The van der Waals surface area contributed by atoms with Crippen LogP contribution in [0.3, 0.4) is 0 Å². The molecule has 0 unspecified atom stereocenters. The zero-order valence-corrected chi connectivity index (χ0v) is 13.8. The lowest BCUT2D eigenvalue weighted by atomic mass is 10.3. The Balaban J connectivity index is 2.62. The number of carbonyl (C=O) groups excluding carboxylic acids is 1. The monoisotopic (exact) mass is 336 g/mol. The topological polar surface area (TPSA) is 70.4 Å². The van der Waals surface area contributed by atoms with Gasteiger partial charge in [0.2, 0.25) is 5.69 Å². The molecule has 2 aromatic rings. The van der Waals surface area contributed by atoms with E-state index in [4.69, 9.17) is 21.1 Å². The van der Waals surface area contributed by atoms with Crippen molar-refractivity contribution in [2.24, 2.45) is 0 Å². The minimum absolute atomic E-state index is 0.0694. The number of nitrogens with zero attached hydrogens (tertiary/aromatic N) is 2. The molecule has 0 radical (unpaired) electrons. The maximum absolute atomic E-state index is 12.3. The van der Waals surface area contributed by atoms with Gasteiger partial charge in [0.25, 0.3) is 5.56 Å². The van der Waals surface area contributed by atoms with Gasteiger partial charge in [-0.1, -0.05) is 23.7 Å². The summed E-state index contributed by atoms with van der Waals surface area (Å²) in [7, 11) is 0. The average molecular weight is 337 g/mol. The maximum atomic E-state index is 12.3. The summed E-state index contributed by atoms with van der Waals surface area (Å²) in [6.07, 6.45) is -0.222. The molecule has 0 N–H and O–H groups in total. The molecule has 7 heteroatoms. The molecule has 2 rings (SSSR count). The van der Waals surface area contributed by atoms with Crippen molar-refractivity contribution in [1.29, 1.82) is 0 Å². The standard InChI is InChI=1S/C16H17ClN2O4/c1-4-22-16(21)15-13(23-10(2)3)9-14(20)19(18-15)12-8-6-5-7-11(12)17/h5-10H,4H2,1-3H3. The molecule has 1 aromatic carbocycles. The number of halogens is 1. The Morgan fingerprint density at radius 1 is 1.35 bits per heavy atom. The summed E-state index contributed by atoms with van der Waals surface area (Å²) >= 11 is 6.10. The first-order chi connectivity index (χ1) is 10.9. The van der Waals surface area contributed by atoms with Crippen molar-refractivity contribution in [2.75, 3.05) is 6.61 Å². The zero-order valence-electron chi connectivity index (χ0n) is 13.1. The molecule has 0 aliphatic rings. The highest BCUT2D eigenvalue weighted by molar-refractivity contribution is 6.32. The Hall–Kier alpha value is -2.34. The summed E-state index contributed by atoms with van der Waals surface area (Å²) in [5, 5.41) is 4.44. The molecule has 0 amide bonds. The number of benzene rings is 1. The normalized spacial score (nSPS) is 10.7. The number of carbonyl (C=O) groups is 1. The van der Waals surface area contributed by atoms with Gasteiger partial charge in [0.1, 0.15) is 0 Å². The summed E-state index contributed by atoms with van der Waals surface area (Å²) in [5.41, 5.74) is -0.150. The zero-order chi connectivity index (χ0) is 17.0. The number of hydrogen-bond donors (Lipinski definition) is 0. The third-order valence-electron chi connectivity index (χ3n) is 2.81. The van der Waals surface area contributed by atoms with Gasteiger partial charge in [-0.15, -0.1) is 0 Å². The van der Waals surface area contributed by atoms with Crippen LogP contribution in [0.25, 0.3) is 5.69 Å². The smallest absolute Gasteiger partial charge is 0.362 e. The number of ether oxygens (including phenoxy) is 2. The molecule has 0 saturated heterocycles. The second-order valence-electron chi connectivity index (χ2n) is 4.95. The van der Waals surface area contributed by atoms with E-state index >= 15 is 0 Å². The van der Waals surface area contributed by atoms with Crippen molar-refractivity contribution in [2.45, 2.75) is 26.9 Å².